The van der Waals surface area contributed by atoms with Crippen LogP contribution >= 0.6 is 0 Å². The Morgan fingerprint density at radius 3 is 2.63 bits per heavy atom. The van der Waals surface area contributed by atoms with Gasteiger partial charge in [-0.25, -0.2) is 0 Å². The SMILES string of the molecule is CCS(=O)C1CCCC(NC(=NC)NCc2ccc(Cn3ccccc3=O)cc2)C1. The van der Waals surface area contributed by atoms with Crippen LogP contribution in [0.3, 0.4) is 0 Å². The lowest BCUT2D eigenvalue weighted by atomic mass is 9.95. The lowest BCUT2D eigenvalue weighted by molar-refractivity contribution is 0.413. The van der Waals surface area contributed by atoms with Crippen molar-refractivity contribution in [2.45, 2.75) is 57.0 Å². The van der Waals surface area contributed by atoms with Gasteiger partial charge in [0.25, 0.3) is 5.56 Å². The molecule has 0 radical (unpaired) electrons. The van der Waals surface area contributed by atoms with Crippen molar-refractivity contribution in [1.29, 1.82) is 0 Å². The zero-order valence-corrected chi connectivity index (χ0v) is 18.7. The van der Waals surface area contributed by atoms with Gasteiger partial charge in [0.15, 0.2) is 5.96 Å². The number of hydrogen-bond acceptors (Lipinski definition) is 3. The molecule has 0 amide bonds. The van der Waals surface area contributed by atoms with Crippen molar-refractivity contribution in [2.24, 2.45) is 4.99 Å². The quantitative estimate of drug-likeness (QED) is 0.525. The summed E-state index contributed by atoms with van der Waals surface area (Å²) in [6.07, 6.45) is 6.00. The highest BCUT2D eigenvalue weighted by Gasteiger charge is 2.25. The van der Waals surface area contributed by atoms with Crippen molar-refractivity contribution in [1.82, 2.24) is 15.2 Å². The van der Waals surface area contributed by atoms with Gasteiger partial charge in [-0.3, -0.25) is 14.0 Å². The number of aliphatic imine (C=N–C) groups is 1. The van der Waals surface area contributed by atoms with Gasteiger partial charge in [-0.1, -0.05) is 43.7 Å². The Kier molecular flexibility index (Phi) is 8.25. The van der Waals surface area contributed by atoms with E-state index in [2.05, 4.69) is 39.9 Å². The van der Waals surface area contributed by atoms with Gasteiger partial charge in [0.2, 0.25) is 0 Å². The minimum atomic E-state index is -0.725. The molecule has 3 atom stereocenters. The van der Waals surface area contributed by atoms with E-state index in [-0.39, 0.29) is 5.56 Å². The molecule has 162 valence electrons. The number of aromatic nitrogens is 1. The summed E-state index contributed by atoms with van der Waals surface area (Å²) in [5.74, 6) is 1.52. The van der Waals surface area contributed by atoms with E-state index in [1.165, 1.54) is 0 Å². The predicted octanol–water partition coefficient (Wildman–Crippen LogP) is 2.64. The molecular formula is C23H32N4O2S. The Bertz CT molecular complexity index is 923. The maximum absolute atomic E-state index is 12.2. The van der Waals surface area contributed by atoms with Crippen LogP contribution in [-0.4, -0.2) is 38.8 Å². The average molecular weight is 429 g/mol. The van der Waals surface area contributed by atoms with Crippen molar-refractivity contribution in [3.8, 4) is 0 Å². The van der Waals surface area contributed by atoms with E-state index in [0.29, 0.717) is 24.4 Å². The lowest BCUT2D eigenvalue weighted by Gasteiger charge is -2.30. The summed E-state index contributed by atoms with van der Waals surface area (Å²) >= 11 is 0. The second-order valence-corrected chi connectivity index (χ2v) is 9.71. The molecule has 30 heavy (non-hydrogen) atoms. The fraction of sp³-hybridized carbons (Fsp3) is 0.478. The Morgan fingerprint density at radius 2 is 1.93 bits per heavy atom. The third-order valence-electron chi connectivity index (χ3n) is 5.58. The van der Waals surface area contributed by atoms with E-state index < -0.39 is 10.8 Å². The molecule has 0 aliphatic heterocycles. The molecule has 6 nitrogen and oxygen atoms in total. The maximum Gasteiger partial charge on any atom is 0.250 e. The standard InChI is InChI=1S/C23H32N4O2S/c1-3-30(29)21-8-6-7-20(15-21)26-23(24-2)25-16-18-10-12-19(13-11-18)17-27-14-5-4-9-22(27)28/h4-5,9-14,20-21H,3,6-8,15-17H2,1-2H3,(H2,24,25,26). The van der Waals surface area contributed by atoms with E-state index in [0.717, 1.165) is 48.5 Å². The summed E-state index contributed by atoms with van der Waals surface area (Å²) in [7, 11) is 1.05. The molecule has 3 rings (SSSR count). The van der Waals surface area contributed by atoms with Gasteiger partial charge in [0, 0.05) is 53.7 Å². The van der Waals surface area contributed by atoms with E-state index in [9.17, 15) is 9.00 Å². The number of hydrogen-bond donors (Lipinski definition) is 2. The van der Waals surface area contributed by atoms with Crippen molar-refractivity contribution in [3.05, 3.63) is 70.1 Å². The largest absolute Gasteiger partial charge is 0.354 e. The molecule has 1 aliphatic rings. The zero-order chi connectivity index (χ0) is 21.3. The molecule has 1 aromatic heterocycles. The van der Waals surface area contributed by atoms with Crippen LogP contribution in [0.15, 0.2) is 58.4 Å². The molecule has 0 spiro atoms. The number of benzene rings is 1. The summed E-state index contributed by atoms with van der Waals surface area (Å²) in [4.78, 5) is 16.2. The van der Waals surface area contributed by atoms with Gasteiger partial charge in [-0.05, 0) is 36.5 Å². The fourth-order valence-corrected chi connectivity index (χ4v) is 5.22. The number of pyridine rings is 1. The van der Waals surface area contributed by atoms with Crippen molar-refractivity contribution >= 4 is 16.8 Å². The van der Waals surface area contributed by atoms with Crippen LogP contribution in [0.5, 0.6) is 0 Å². The summed E-state index contributed by atoms with van der Waals surface area (Å²) in [6.45, 7) is 3.23. The molecule has 0 bridgehead atoms. The number of nitrogens with one attached hydrogen (secondary N) is 2. The van der Waals surface area contributed by atoms with Crippen molar-refractivity contribution in [3.63, 3.8) is 0 Å². The topological polar surface area (TPSA) is 75.5 Å². The van der Waals surface area contributed by atoms with E-state index in [1.807, 2.05) is 13.0 Å². The van der Waals surface area contributed by atoms with E-state index in [4.69, 9.17) is 0 Å². The predicted molar refractivity (Wildman–Crippen MR) is 124 cm³/mol. The van der Waals surface area contributed by atoms with Gasteiger partial charge >= 0.3 is 0 Å². The van der Waals surface area contributed by atoms with Crippen LogP contribution < -0.4 is 16.2 Å². The molecule has 1 heterocycles. The first-order chi connectivity index (χ1) is 14.6. The third-order valence-corrected chi connectivity index (χ3v) is 7.32. The van der Waals surface area contributed by atoms with Crippen molar-refractivity contribution < 1.29 is 4.21 Å². The van der Waals surface area contributed by atoms with Gasteiger partial charge in [0.05, 0.1) is 6.54 Å². The second-order valence-electron chi connectivity index (χ2n) is 7.71. The van der Waals surface area contributed by atoms with Gasteiger partial charge in [0.1, 0.15) is 0 Å². The first-order valence-corrected chi connectivity index (χ1v) is 12.0. The molecule has 1 aromatic carbocycles. The Balaban J connectivity index is 1.51. The molecule has 0 saturated heterocycles. The first-order valence-electron chi connectivity index (χ1n) is 10.7. The lowest BCUT2D eigenvalue weighted by Crippen LogP contribution is -2.46. The molecule has 2 N–H and O–H groups in total. The number of rotatable bonds is 7. The number of guanidine groups is 1. The monoisotopic (exact) mass is 428 g/mol. The van der Waals surface area contributed by atoms with Gasteiger partial charge < -0.3 is 15.2 Å². The summed E-state index contributed by atoms with van der Waals surface area (Å²) in [5, 5.41) is 7.17. The molecular weight excluding hydrogens is 396 g/mol. The molecule has 1 saturated carbocycles. The van der Waals surface area contributed by atoms with Crippen LogP contribution in [0.1, 0.15) is 43.7 Å². The minimum Gasteiger partial charge on any atom is -0.354 e. The highest BCUT2D eigenvalue weighted by Crippen LogP contribution is 2.23. The molecule has 7 heteroatoms. The fourth-order valence-electron chi connectivity index (χ4n) is 3.87. The first kappa shape index (κ1) is 22.3. The highest BCUT2D eigenvalue weighted by atomic mass is 32.2. The molecule has 1 fully saturated rings. The minimum absolute atomic E-state index is 0.00541. The van der Waals surface area contributed by atoms with Crippen LogP contribution in [0.25, 0.3) is 0 Å². The van der Waals surface area contributed by atoms with Crippen LogP contribution in [-0.2, 0) is 23.9 Å². The van der Waals surface area contributed by atoms with Crippen molar-refractivity contribution in [2.75, 3.05) is 12.8 Å². The Hall–Kier alpha value is -2.41. The van der Waals surface area contributed by atoms with Crippen LogP contribution in [0, 0.1) is 0 Å². The average Bonchev–Trinajstić information content (AvgIpc) is 2.78. The summed E-state index contributed by atoms with van der Waals surface area (Å²) in [6, 6.07) is 13.8. The molecule has 3 unspecified atom stereocenters. The number of nitrogens with zero attached hydrogens (tertiary/aromatic N) is 2. The molecule has 1 aliphatic carbocycles. The van der Waals surface area contributed by atoms with Crippen LogP contribution in [0.4, 0.5) is 0 Å². The Morgan fingerprint density at radius 1 is 1.17 bits per heavy atom. The Labute approximate surface area is 181 Å². The van der Waals surface area contributed by atoms with Gasteiger partial charge in [-0.2, -0.15) is 0 Å². The van der Waals surface area contributed by atoms with Gasteiger partial charge in [-0.15, -0.1) is 0 Å². The maximum atomic E-state index is 12.2. The highest BCUT2D eigenvalue weighted by molar-refractivity contribution is 7.85. The second kappa shape index (κ2) is 11.1. The zero-order valence-electron chi connectivity index (χ0n) is 17.8. The third kappa shape index (κ3) is 6.29. The van der Waals surface area contributed by atoms with E-state index >= 15 is 0 Å². The summed E-state index contributed by atoms with van der Waals surface area (Å²) in [5.41, 5.74) is 2.24. The molecule has 2 aromatic rings. The van der Waals surface area contributed by atoms with Crippen LogP contribution in [0.2, 0.25) is 0 Å². The van der Waals surface area contributed by atoms with E-state index in [1.54, 1.807) is 29.9 Å². The smallest absolute Gasteiger partial charge is 0.250 e. The normalized spacial score (nSPS) is 20.5. The summed E-state index contributed by atoms with van der Waals surface area (Å²) < 4.78 is 13.9.